The zero-order chi connectivity index (χ0) is 19.3. The molecule has 27 heavy (non-hydrogen) atoms. The van der Waals surface area contributed by atoms with Crippen molar-refractivity contribution < 1.29 is 9.53 Å². The summed E-state index contributed by atoms with van der Waals surface area (Å²) in [5.74, 6) is 0.327. The van der Waals surface area contributed by atoms with E-state index in [4.69, 9.17) is 4.74 Å². The summed E-state index contributed by atoms with van der Waals surface area (Å²) in [7, 11) is 0. The van der Waals surface area contributed by atoms with Gasteiger partial charge in [-0.1, -0.05) is 0 Å². The Hall–Kier alpha value is -2.47. The maximum Gasteiger partial charge on any atom is 0.273 e. The highest BCUT2D eigenvalue weighted by atomic mass is 16.5. The van der Waals surface area contributed by atoms with Crippen molar-refractivity contribution in [3.05, 3.63) is 54.1 Å². The van der Waals surface area contributed by atoms with Crippen molar-refractivity contribution in [3.8, 4) is 5.75 Å². The number of aromatic nitrogens is 2. The van der Waals surface area contributed by atoms with Gasteiger partial charge >= 0.3 is 0 Å². The summed E-state index contributed by atoms with van der Waals surface area (Å²) in [4.78, 5) is 23.5. The minimum Gasteiger partial charge on any atom is -0.486 e. The van der Waals surface area contributed by atoms with Crippen molar-refractivity contribution >= 4 is 5.91 Å². The summed E-state index contributed by atoms with van der Waals surface area (Å²) in [6.07, 6.45) is 6.96. The van der Waals surface area contributed by atoms with Gasteiger partial charge in [-0.25, -0.2) is 4.98 Å². The van der Waals surface area contributed by atoms with E-state index in [9.17, 15) is 4.79 Å². The molecule has 0 aromatic carbocycles. The van der Waals surface area contributed by atoms with Gasteiger partial charge in [-0.05, 0) is 63.4 Å². The van der Waals surface area contributed by atoms with Crippen molar-refractivity contribution in [3.63, 3.8) is 0 Å². The summed E-state index contributed by atoms with van der Waals surface area (Å²) in [5, 5.41) is 3.13. The number of carbonyl (C=O) groups excluding carboxylic acids is 1. The molecule has 144 valence electrons. The second-order valence-corrected chi connectivity index (χ2v) is 7.90. The minimum atomic E-state index is -0.172. The number of piperidine rings is 1. The first-order valence-electron chi connectivity index (χ1n) is 9.46. The fourth-order valence-electron chi connectivity index (χ4n) is 3.27. The number of nitrogens with one attached hydrogen (secondary N) is 1. The predicted molar refractivity (Wildman–Crippen MR) is 105 cm³/mol. The molecule has 0 bridgehead atoms. The Morgan fingerprint density at radius 1 is 1.19 bits per heavy atom. The van der Waals surface area contributed by atoms with Crippen molar-refractivity contribution in [2.75, 3.05) is 13.1 Å². The van der Waals surface area contributed by atoms with Crippen LogP contribution in [0.1, 0.15) is 49.7 Å². The van der Waals surface area contributed by atoms with Gasteiger partial charge in [0, 0.05) is 43.3 Å². The van der Waals surface area contributed by atoms with Crippen LogP contribution in [0.3, 0.4) is 0 Å². The molecule has 0 unspecified atom stereocenters. The smallest absolute Gasteiger partial charge is 0.273 e. The Morgan fingerprint density at radius 3 is 2.56 bits per heavy atom. The standard InChI is InChI=1S/C21H28N4O2/c1-21(2,3)25-13-8-17(9-14-25)24-20(26)19-18(5-4-10-23-19)27-15-16-6-11-22-12-7-16/h4-7,10-12,17H,8-9,13-15H2,1-3H3,(H,24,26). The molecule has 0 saturated carbocycles. The molecule has 3 heterocycles. The first-order valence-corrected chi connectivity index (χ1v) is 9.46. The molecule has 1 fully saturated rings. The van der Waals surface area contributed by atoms with Crippen LogP contribution in [-0.2, 0) is 6.61 Å². The summed E-state index contributed by atoms with van der Waals surface area (Å²) in [6.45, 7) is 9.03. The molecule has 3 rings (SSSR count). The molecule has 2 aromatic heterocycles. The van der Waals surface area contributed by atoms with Gasteiger partial charge in [0.15, 0.2) is 11.4 Å². The average Bonchev–Trinajstić information content (AvgIpc) is 2.67. The number of hydrogen-bond acceptors (Lipinski definition) is 5. The largest absolute Gasteiger partial charge is 0.486 e. The lowest BCUT2D eigenvalue weighted by molar-refractivity contribution is 0.0806. The fraction of sp³-hybridized carbons (Fsp3) is 0.476. The van der Waals surface area contributed by atoms with Gasteiger partial charge in [0.2, 0.25) is 0 Å². The van der Waals surface area contributed by atoms with Crippen LogP contribution in [0.25, 0.3) is 0 Å². The molecule has 0 atom stereocenters. The number of rotatable bonds is 5. The third-order valence-corrected chi connectivity index (χ3v) is 4.91. The second-order valence-electron chi connectivity index (χ2n) is 7.90. The number of likely N-dealkylation sites (tertiary alicyclic amines) is 1. The number of ether oxygens (including phenoxy) is 1. The first-order chi connectivity index (χ1) is 12.9. The molecule has 1 aliphatic rings. The monoisotopic (exact) mass is 368 g/mol. The van der Waals surface area contributed by atoms with E-state index in [1.807, 2.05) is 12.1 Å². The molecule has 6 nitrogen and oxygen atoms in total. The average molecular weight is 368 g/mol. The predicted octanol–water partition coefficient (Wildman–Crippen LogP) is 3.05. The molecule has 1 amide bonds. The zero-order valence-corrected chi connectivity index (χ0v) is 16.3. The van der Waals surface area contributed by atoms with Gasteiger partial charge in [-0.15, -0.1) is 0 Å². The Bertz CT molecular complexity index is 750. The van der Waals surface area contributed by atoms with Crippen LogP contribution in [0, 0.1) is 0 Å². The van der Waals surface area contributed by atoms with E-state index in [2.05, 4.69) is 41.0 Å². The summed E-state index contributed by atoms with van der Waals surface area (Å²) in [5.41, 5.74) is 1.50. The molecule has 2 aromatic rings. The van der Waals surface area contributed by atoms with Crippen LogP contribution in [-0.4, -0.2) is 45.4 Å². The number of carbonyl (C=O) groups is 1. The highest BCUT2D eigenvalue weighted by Gasteiger charge is 2.28. The van der Waals surface area contributed by atoms with Gasteiger partial charge in [0.25, 0.3) is 5.91 Å². The molecule has 1 N–H and O–H groups in total. The number of amides is 1. The summed E-state index contributed by atoms with van der Waals surface area (Å²) in [6, 6.07) is 7.51. The van der Waals surface area contributed by atoms with Crippen molar-refractivity contribution in [2.24, 2.45) is 0 Å². The number of nitrogens with zero attached hydrogens (tertiary/aromatic N) is 3. The van der Waals surface area contributed by atoms with Crippen LogP contribution in [0.4, 0.5) is 0 Å². The van der Waals surface area contributed by atoms with Crippen LogP contribution in [0.5, 0.6) is 5.75 Å². The van der Waals surface area contributed by atoms with Crippen LogP contribution < -0.4 is 10.1 Å². The Kier molecular flexibility index (Phi) is 6.06. The van der Waals surface area contributed by atoms with Crippen molar-refractivity contribution in [1.82, 2.24) is 20.2 Å². The Balaban J connectivity index is 1.59. The highest BCUT2D eigenvalue weighted by Crippen LogP contribution is 2.21. The lowest BCUT2D eigenvalue weighted by Crippen LogP contribution is -2.50. The second kappa shape index (κ2) is 8.48. The Labute approximate surface area is 161 Å². The third kappa shape index (κ3) is 5.26. The summed E-state index contributed by atoms with van der Waals surface area (Å²) >= 11 is 0. The summed E-state index contributed by atoms with van der Waals surface area (Å²) < 4.78 is 5.84. The van der Waals surface area contributed by atoms with E-state index >= 15 is 0 Å². The van der Waals surface area contributed by atoms with Gasteiger partial charge in [-0.3, -0.25) is 14.7 Å². The van der Waals surface area contributed by atoms with Crippen molar-refractivity contribution in [2.45, 2.75) is 51.8 Å². The van der Waals surface area contributed by atoms with Crippen LogP contribution in [0.2, 0.25) is 0 Å². The van der Waals surface area contributed by atoms with Crippen molar-refractivity contribution in [1.29, 1.82) is 0 Å². The topological polar surface area (TPSA) is 67.4 Å². The highest BCUT2D eigenvalue weighted by molar-refractivity contribution is 5.95. The minimum absolute atomic E-state index is 0.171. The molecule has 1 saturated heterocycles. The Morgan fingerprint density at radius 2 is 1.89 bits per heavy atom. The third-order valence-electron chi connectivity index (χ3n) is 4.91. The molecule has 0 radical (unpaired) electrons. The quantitative estimate of drug-likeness (QED) is 0.879. The van der Waals surface area contributed by atoms with Gasteiger partial charge in [-0.2, -0.15) is 0 Å². The van der Waals surface area contributed by atoms with Gasteiger partial charge in [0.05, 0.1) is 0 Å². The van der Waals surface area contributed by atoms with Gasteiger partial charge < -0.3 is 10.1 Å². The molecule has 0 aliphatic carbocycles. The van der Waals surface area contributed by atoms with Crippen LogP contribution in [0.15, 0.2) is 42.9 Å². The maximum absolute atomic E-state index is 12.7. The molecule has 6 heteroatoms. The first kappa shape index (κ1) is 19.3. The van der Waals surface area contributed by atoms with E-state index in [-0.39, 0.29) is 17.5 Å². The lowest BCUT2D eigenvalue weighted by Gasteiger charge is -2.41. The van der Waals surface area contributed by atoms with Gasteiger partial charge in [0.1, 0.15) is 6.61 Å². The van der Waals surface area contributed by atoms with E-state index < -0.39 is 0 Å². The zero-order valence-electron chi connectivity index (χ0n) is 16.3. The van der Waals surface area contributed by atoms with E-state index in [0.29, 0.717) is 18.1 Å². The SMILES string of the molecule is CC(C)(C)N1CCC(NC(=O)c2ncccc2OCc2ccncc2)CC1. The molecular weight excluding hydrogens is 340 g/mol. The molecule has 0 spiro atoms. The molecular formula is C21H28N4O2. The van der Waals surface area contributed by atoms with E-state index in [0.717, 1.165) is 31.5 Å². The lowest BCUT2D eigenvalue weighted by atomic mass is 9.98. The fourth-order valence-corrected chi connectivity index (χ4v) is 3.27. The number of pyridine rings is 2. The number of hydrogen-bond donors (Lipinski definition) is 1. The maximum atomic E-state index is 12.7. The molecule has 1 aliphatic heterocycles. The van der Waals surface area contributed by atoms with E-state index in [1.165, 1.54) is 0 Å². The normalized spacial score (nSPS) is 16.1. The van der Waals surface area contributed by atoms with Crippen LogP contribution >= 0.6 is 0 Å². The van der Waals surface area contributed by atoms with E-state index in [1.54, 1.807) is 30.7 Å².